The largest absolute Gasteiger partial charge is 0.397 e. The lowest BCUT2D eigenvalue weighted by Gasteiger charge is -2.10. The molecule has 0 saturated carbocycles. The van der Waals surface area contributed by atoms with Gasteiger partial charge in [-0.25, -0.2) is 0 Å². The average Bonchev–Trinajstić information content (AvgIpc) is 2.70. The number of nitrogens with one attached hydrogen (secondary N) is 2. The average molecular weight is 383 g/mol. The monoisotopic (exact) mass is 383 g/mol. The molecule has 0 aromatic heterocycles. The number of hydrogen-bond acceptors (Lipinski definition) is 4. The van der Waals surface area contributed by atoms with Crippen molar-refractivity contribution < 1.29 is 14.3 Å². The minimum Gasteiger partial charge on any atom is -0.397 e. The number of benzene rings is 2. The molecule has 0 aliphatic rings. The van der Waals surface area contributed by atoms with E-state index in [0.29, 0.717) is 42.9 Å². The predicted molar refractivity (Wildman–Crippen MR) is 112 cm³/mol. The molecule has 0 saturated heterocycles. The van der Waals surface area contributed by atoms with Crippen LogP contribution in [0.1, 0.15) is 41.6 Å². The van der Waals surface area contributed by atoms with E-state index in [1.165, 1.54) is 0 Å². The normalized spacial score (nSPS) is 10.5. The van der Waals surface area contributed by atoms with Crippen molar-refractivity contribution in [2.45, 2.75) is 32.1 Å². The number of hydrogen-bond donors (Lipinski definition) is 3. The van der Waals surface area contributed by atoms with Crippen molar-refractivity contribution in [2.24, 2.45) is 0 Å². The van der Waals surface area contributed by atoms with Crippen LogP contribution < -0.4 is 16.4 Å². The molecule has 0 unspecified atom stereocenters. The van der Waals surface area contributed by atoms with Crippen LogP contribution >= 0.6 is 0 Å². The van der Waals surface area contributed by atoms with E-state index in [2.05, 4.69) is 10.6 Å². The molecule has 2 aromatic rings. The molecule has 0 aliphatic heterocycles. The summed E-state index contributed by atoms with van der Waals surface area (Å²) in [6.07, 6.45) is 3.60. The summed E-state index contributed by atoms with van der Waals surface area (Å²) in [6.45, 7) is 1.17. The van der Waals surface area contributed by atoms with E-state index in [0.717, 1.165) is 24.8 Å². The minimum atomic E-state index is -0.0657. The van der Waals surface area contributed by atoms with E-state index in [-0.39, 0.29) is 11.8 Å². The van der Waals surface area contributed by atoms with Crippen LogP contribution in [0.2, 0.25) is 0 Å². The number of rotatable bonds is 11. The van der Waals surface area contributed by atoms with E-state index in [1.807, 2.05) is 36.4 Å². The lowest BCUT2D eigenvalue weighted by Crippen LogP contribution is -2.25. The molecule has 2 rings (SSSR count). The summed E-state index contributed by atoms with van der Waals surface area (Å²) in [4.78, 5) is 24.3. The number of carbonyl (C=O) groups excluding carboxylic acids is 2. The van der Waals surface area contributed by atoms with Crippen LogP contribution in [0, 0.1) is 0 Å². The highest BCUT2D eigenvalue weighted by Crippen LogP contribution is 2.17. The SMILES string of the molecule is COCCc1ccccc1C(=O)NCCCCCC(=O)Nc1ccccc1N. The zero-order valence-electron chi connectivity index (χ0n) is 16.4. The summed E-state index contributed by atoms with van der Waals surface area (Å²) in [6, 6.07) is 14.8. The zero-order valence-corrected chi connectivity index (χ0v) is 16.4. The van der Waals surface area contributed by atoms with Crippen molar-refractivity contribution in [1.82, 2.24) is 5.32 Å². The molecule has 6 nitrogen and oxygen atoms in total. The molecule has 6 heteroatoms. The smallest absolute Gasteiger partial charge is 0.251 e. The van der Waals surface area contributed by atoms with Crippen LogP contribution in [0.4, 0.5) is 11.4 Å². The minimum absolute atomic E-state index is 0.0472. The van der Waals surface area contributed by atoms with E-state index in [1.54, 1.807) is 19.2 Å². The molecule has 2 amide bonds. The fourth-order valence-corrected chi connectivity index (χ4v) is 2.88. The van der Waals surface area contributed by atoms with Crippen molar-refractivity contribution in [3.05, 3.63) is 59.7 Å². The van der Waals surface area contributed by atoms with Gasteiger partial charge in [0.2, 0.25) is 5.91 Å². The number of amides is 2. The highest BCUT2D eigenvalue weighted by Gasteiger charge is 2.10. The van der Waals surface area contributed by atoms with Gasteiger partial charge in [0.15, 0.2) is 0 Å². The molecular formula is C22H29N3O3. The van der Waals surface area contributed by atoms with Gasteiger partial charge in [-0.05, 0) is 43.0 Å². The first-order chi connectivity index (χ1) is 13.6. The van der Waals surface area contributed by atoms with Gasteiger partial charge in [0, 0.05) is 25.6 Å². The van der Waals surface area contributed by atoms with Crippen LogP contribution in [0.15, 0.2) is 48.5 Å². The first kappa shape index (κ1) is 21.4. The Labute approximate surface area is 166 Å². The Morgan fingerprint density at radius 3 is 2.54 bits per heavy atom. The quantitative estimate of drug-likeness (QED) is 0.410. The first-order valence-corrected chi connectivity index (χ1v) is 9.61. The summed E-state index contributed by atoms with van der Waals surface area (Å²) < 4.78 is 5.10. The molecule has 0 heterocycles. The number of nitrogen functional groups attached to an aromatic ring is 1. The number of carbonyl (C=O) groups is 2. The molecule has 0 bridgehead atoms. The van der Waals surface area contributed by atoms with Gasteiger partial charge in [-0.3, -0.25) is 9.59 Å². The highest BCUT2D eigenvalue weighted by molar-refractivity contribution is 5.95. The maximum atomic E-state index is 12.4. The second kappa shape index (κ2) is 11.8. The third-order valence-corrected chi connectivity index (χ3v) is 4.44. The van der Waals surface area contributed by atoms with E-state index in [4.69, 9.17) is 10.5 Å². The van der Waals surface area contributed by atoms with Crippen LogP contribution in [0.5, 0.6) is 0 Å². The van der Waals surface area contributed by atoms with Gasteiger partial charge in [0.1, 0.15) is 0 Å². The Morgan fingerprint density at radius 1 is 1.00 bits per heavy atom. The van der Waals surface area contributed by atoms with Gasteiger partial charge in [0.05, 0.1) is 18.0 Å². The van der Waals surface area contributed by atoms with Crippen LogP contribution in [0.3, 0.4) is 0 Å². The van der Waals surface area contributed by atoms with Crippen molar-refractivity contribution >= 4 is 23.2 Å². The molecule has 4 N–H and O–H groups in total. The summed E-state index contributed by atoms with van der Waals surface area (Å²) in [5, 5.41) is 5.77. The van der Waals surface area contributed by atoms with E-state index in [9.17, 15) is 9.59 Å². The topological polar surface area (TPSA) is 93.4 Å². The zero-order chi connectivity index (χ0) is 20.2. The number of ether oxygens (including phenoxy) is 1. The molecular weight excluding hydrogens is 354 g/mol. The molecule has 0 atom stereocenters. The number of methoxy groups -OCH3 is 1. The van der Waals surface area contributed by atoms with E-state index >= 15 is 0 Å². The molecule has 150 valence electrons. The maximum Gasteiger partial charge on any atom is 0.251 e. The van der Waals surface area contributed by atoms with E-state index < -0.39 is 0 Å². The van der Waals surface area contributed by atoms with Gasteiger partial charge in [-0.2, -0.15) is 0 Å². The highest BCUT2D eigenvalue weighted by atomic mass is 16.5. The molecule has 0 spiro atoms. The van der Waals surface area contributed by atoms with Crippen LogP contribution in [0.25, 0.3) is 0 Å². The predicted octanol–water partition coefficient (Wildman–Crippen LogP) is 3.39. The summed E-state index contributed by atoms with van der Waals surface area (Å²) in [5.74, 6) is -0.113. The molecule has 2 aromatic carbocycles. The third-order valence-electron chi connectivity index (χ3n) is 4.44. The summed E-state index contributed by atoms with van der Waals surface area (Å²) in [5.41, 5.74) is 8.70. The Balaban J connectivity index is 1.64. The molecule has 0 radical (unpaired) electrons. The van der Waals surface area contributed by atoms with Gasteiger partial charge >= 0.3 is 0 Å². The second-order valence-corrected chi connectivity index (χ2v) is 6.60. The van der Waals surface area contributed by atoms with Gasteiger partial charge in [-0.15, -0.1) is 0 Å². The van der Waals surface area contributed by atoms with Crippen molar-refractivity contribution in [2.75, 3.05) is 31.3 Å². The number of unbranched alkanes of at least 4 members (excludes halogenated alkanes) is 2. The van der Waals surface area contributed by atoms with Crippen LogP contribution in [-0.4, -0.2) is 32.1 Å². The molecule has 28 heavy (non-hydrogen) atoms. The standard InChI is InChI=1S/C22H29N3O3/c1-28-16-14-17-9-4-5-10-18(17)22(27)24-15-8-2-3-13-21(26)25-20-12-7-6-11-19(20)23/h4-7,9-12H,2-3,8,13-16,23H2,1H3,(H,24,27)(H,25,26). The van der Waals surface area contributed by atoms with Gasteiger partial charge in [0.25, 0.3) is 5.91 Å². The number of para-hydroxylation sites is 2. The number of nitrogens with two attached hydrogens (primary N) is 1. The second-order valence-electron chi connectivity index (χ2n) is 6.60. The Bertz CT molecular complexity index is 777. The summed E-state index contributed by atoms with van der Waals surface area (Å²) in [7, 11) is 1.65. The first-order valence-electron chi connectivity index (χ1n) is 9.61. The molecule has 0 fully saturated rings. The summed E-state index contributed by atoms with van der Waals surface area (Å²) >= 11 is 0. The molecule has 0 aliphatic carbocycles. The Hall–Kier alpha value is -2.86. The van der Waals surface area contributed by atoms with Crippen molar-refractivity contribution in [1.29, 1.82) is 0 Å². The fraction of sp³-hybridized carbons (Fsp3) is 0.364. The van der Waals surface area contributed by atoms with Crippen molar-refractivity contribution in [3.8, 4) is 0 Å². The fourth-order valence-electron chi connectivity index (χ4n) is 2.88. The van der Waals surface area contributed by atoms with Gasteiger partial charge in [-0.1, -0.05) is 36.8 Å². The van der Waals surface area contributed by atoms with Crippen LogP contribution in [-0.2, 0) is 16.0 Å². The Kier molecular flexibility index (Phi) is 9.01. The maximum absolute atomic E-state index is 12.4. The lowest BCUT2D eigenvalue weighted by molar-refractivity contribution is -0.116. The Morgan fingerprint density at radius 2 is 1.75 bits per heavy atom. The lowest BCUT2D eigenvalue weighted by atomic mass is 10.0. The number of anilines is 2. The van der Waals surface area contributed by atoms with Gasteiger partial charge < -0.3 is 21.1 Å². The third kappa shape index (κ3) is 7.04. The van der Waals surface area contributed by atoms with Crippen molar-refractivity contribution in [3.63, 3.8) is 0 Å².